The van der Waals surface area contributed by atoms with E-state index in [1.807, 2.05) is 0 Å². The molecule has 1 aromatic carbocycles. The predicted molar refractivity (Wildman–Crippen MR) is 76.4 cm³/mol. The minimum absolute atomic E-state index is 0.0943. The van der Waals surface area contributed by atoms with E-state index in [-0.39, 0.29) is 30.3 Å². The van der Waals surface area contributed by atoms with Crippen LogP contribution in [0.5, 0.6) is 0 Å². The number of amides is 2. The number of nitrogens with one attached hydrogen (secondary N) is 2. The Kier molecular flexibility index (Phi) is 6.72. The van der Waals surface area contributed by atoms with Crippen LogP contribution >= 0.6 is 15.9 Å². The molecule has 108 valence electrons. The Morgan fingerprint density at radius 2 is 1.85 bits per heavy atom. The van der Waals surface area contributed by atoms with Gasteiger partial charge in [-0.1, -0.05) is 28.1 Å². The Morgan fingerprint density at radius 1 is 1.20 bits per heavy atom. The van der Waals surface area contributed by atoms with E-state index in [1.54, 1.807) is 31.3 Å². The third-order valence-electron chi connectivity index (χ3n) is 2.39. The molecule has 0 unspecified atom stereocenters. The number of ether oxygens (including phenoxy) is 1. The van der Waals surface area contributed by atoms with Crippen LogP contribution in [-0.4, -0.2) is 36.7 Å². The summed E-state index contributed by atoms with van der Waals surface area (Å²) in [6, 6.07) is 6.70. The fourth-order valence-electron chi connectivity index (χ4n) is 1.33. The number of benzene rings is 1. The Labute approximate surface area is 125 Å². The third-order valence-corrected chi connectivity index (χ3v) is 2.90. The topological polar surface area (TPSA) is 84.5 Å². The Hall–Kier alpha value is -1.89. The highest BCUT2D eigenvalue weighted by Crippen LogP contribution is 2.05. The lowest BCUT2D eigenvalue weighted by atomic mass is 10.1. The summed E-state index contributed by atoms with van der Waals surface area (Å²) in [6.45, 7) is -0.0716. The molecule has 0 heterocycles. The Morgan fingerprint density at radius 3 is 2.40 bits per heavy atom. The molecule has 1 rings (SSSR count). The van der Waals surface area contributed by atoms with Gasteiger partial charge in [0.15, 0.2) is 0 Å². The van der Waals surface area contributed by atoms with E-state index in [0.717, 1.165) is 5.56 Å². The van der Waals surface area contributed by atoms with Gasteiger partial charge in [0.05, 0.1) is 5.33 Å². The molecule has 0 aliphatic heterocycles. The van der Waals surface area contributed by atoms with Crippen molar-refractivity contribution < 1.29 is 19.1 Å². The van der Waals surface area contributed by atoms with Crippen molar-refractivity contribution in [1.82, 2.24) is 10.6 Å². The van der Waals surface area contributed by atoms with E-state index in [2.05, 4.69) is 26.6 Å². The van der Waals surface area contributed by atoms with Gasteiger partial charge in [-0.25, -0.2) is 0 Å². The van der Waals surface area contributed by atoms with E-state index in [1.165, 1.54) is 0 Å². The highest BCUT2D eigenvalue weighted by atomic mass is 79.9. The molecule has 2 amide bonds. The second-order valence-corrected chi connectivity index (χ2v) is 4.41. The number of carbonyl (C=O) groups excluding carboxylic acids is 3. The van der Waals surface area contributed by atoms with Crippen LogP contribution in [0.15, 0.2) is 24.3 Å². The third kappa shape index (κ3) is 5.40. The predicted octanol–water partition coefficient (Wildman–Crippen LogP) is 0.601. The van der Waals surface area contributed by atoms with Gasteiger partial charge in [0.1, 0.15) is 13.2 Å². The number of halogens is 1. The summed E-state index contributed by atoms with van der Waals surface area (Å²) in [5.74, 6) is -0.974. The lowest BCUT2D eigenvalue weighted by molar-refractivity contribution is -0.145. The molecule has 0 spiro atoms. The van der Waals surface area contributed by atoms with Crippen molar-refractivity contribution in [1.29, 1.82) is 0 Å². The summed E-state index contributed by atoms with van der Waals surface area (Å²) in [5.41, 5.74) is 1.30. The zero-order chi connectivity index (χ0) is 15.0. The van der Waals surface area contributed by atoms with Gasteiger partial charge in [-0.05, 0) is 17.7 Å². The van der Waals surface area contributed by atoms with Crippen molar-refractivity contribution >= 4 is 33.7 Å². The van der Waals surface area contributed by atoms with Crippen molar-refractivity contribution in [2.75, 3.05) is 18.9 Å². The minimum Gasteiger partial charge on any atom is -0.460 e. The first-order valence-electron chi connectivity index (χ1n) is 5.86. The average Bonchev–Trinajstić information content (AvgIpc) is 2.50. The van der Waals surface area contributed by atoms with Crippen LogP contribution in [-0.2, 0) is 20.9 Å². The van der Waals surface area contributed by atoms with E-state index >= 15 is 0 Å². The highest BCUT2D eigenvalue weighted by Gasteiger charge is 2.06. The molecule has 0 aliphatic carbocycles. The first kappa shape index (κ1) is 16.2. The molecule has 1 aromatic rings. The SMILES string of the molecule is CNC(=O)c1ccc(COC(=O)CNC(=O)CBr)cc1. The molecule has 2 N–H and O–H groups in total. The first-order chi connectivity index (χ1) is 9.56. The average molecular weight is 343 g/mol. The second-order valence-electron chi connectivity index (χ2n) is 3.85. The summed E-state index contributed by atoms with van der Waals surface area (Å²) in [6.07, 6.45) is 0. The van der Waals surface area contributed by atoms with Gasteiger partial charge >= 0.3 is 5.97 Å². The number of alkyl halides is 1. The Balaban J connectivity index is 2.40. The van der Waals surface area contributed by atoms with Crippen LogP contribution in [0.4, 0.5) is 0 Å². The zero-order valence-electron chi connectivity index (χ0n) is 10.9. The smallest absolute Gasteiger partial charge is 0.325 e. The molecule has 20 heavy (non-hydrogen) atoms. The molecule has 0 fully saturated rings. The van der Waals surface area contributed by atoms with Crippen molar-refractivity contribution in [3.63, 3.8) is 0 Å². The van der Waals surface area contributed by atoms with Gasteiger partial charge in [0.2, 0.25) is 5.91 Å². The van der Waals surface area contributed by atoms with Crippen molar-refractivity contribution in [2.45, 2.75) is 6.61 Å². The fraction of sp³-hybridized carbons (Fsp3) is 0.308. The van der Waals surface area contributed by atoms with Gasteiger partial charge in [-0.15, -0.1) is 0 Å². The summed E-state index contributed by atoms with van der Waals surface area (Å²) < 4.78 is 4.98. The van der Waals surface area contributed by atoms with Crippen molar-refractivity contribution in [3.8, 4) is 0 Å². The molecule has 6 nitrogen and oxygen atoms in total. The maximum atomic E-state index is 11.3. The lowest BCUT2D eigenvalue weighted by Crippen LogP contribution is -2.31. The van der Waals surface area contributed by atoms with Crippen molar-refractivity contribution in [3.05, 3.63) is 35.4 Å². The van der Waals surface area contributed by atoms with E-state index in [0.29, 0.717) is 5.56 Å². The zero-order valence-corrected chi connectivity index (χ0v) is 12.5. The van der Waals surface area contributed by atoms with Crippen LogP contribution in [0, 0.1) is 0 Å². The van der Waals surface area contributed by atoms with Gasteiger partial charge in [-0.2, -0.15) is 0 Å². The van der Waals surface area contributed by atoms with Crippen molar-refractivity contribution in [2.24, 2.45) is 0 Å². The highest BCUT2D eigenvalue weighted by molar-refractivity contribution is 9.09. The van der Waals surface area contributed by atoms with E-state index in [4.69, 9.17) is 4.74 Å². The number of hydrogen-bond acceptors (Lipinski definition) is 4. The normalized spacial score (nSPS) is 9.70. The molecule has 0 radical (unpaired) electrons. The fourth-order valence-corrected chi connectivity index (χ4v) is 1.53. The summed E-state index contributed by atoms with van der Waals surface area (Å²) in [4.78, 5) is 33.6. The molecule has 0 saturated heterocycles. The minimum atomic E-state index is -0.519. The van der Waals surface area contributed by atoms with Crippen LogP contribution in [0.3, 0.4) is 0 Å². The number of rotatable bonds is 6. The quantitative estimate of drug-likeness (QED) is 0.585. The summed E-state index contributed by atoms with van der Waals surface area (Å²) >= 11 is 2.97. The molecule has 0 saturated carbocycles. The largest absolute Gasteiger partial charge is 0.460 e. The van der Waals surface area contributed by atoms with Gasteiger partial charge in [0, 0.05) is 12.6 Å². The Bertz CT molecular complexity index is 488. The van der Waals surface area contributed by atoms with Gasteiger partial charge in [0.25, 0.3) is 5.91 Å². The number of hydrogen-bond donors (Lipinski definition) is 2. The monoisotopic (exact) mass is 342 g/mol. The van der Waals surface area contributed by atoms with E-state index < -0.39 is 5.97 Å². The molecule has 0 aliphatic rings. The van der Waals surface area contributed by atoms with Gasteiger partial charge < -0.3 is 15.4 Å². The number of esters is 1. The molecule has 0 bridgehead atoms. The molecular formula is C13H15BrN2O4. The maximum absolute atomic E-state index is 11.3. The van der Waals surface area contributed by atoms with Crippen LogP contribution < -0.4 is 10.6 Å². The van der Waals surface area contributed by atoms with Gasteiger partial charge in [-0.3, -0.25) is 14.4 Å². The molecule has 0 atom stereocenters. The first-order valence-corrected chi connectivity index (χ1v) is 6.98. The second kappa shape index (κ2) is 8.31. The standard InChI is InChI=1S/C13H15BrN2O4/c1-15-13(19)10-4-2-9(3-5-10)8-20-12(18)7-16-11(17)6-14/h2-5H,6-8H2,1H3,(H,15,19)(H,16,17). The molecule has 0 aromatic heterocycles. The molecular weight excluding hydrogens is 328 g/mol. The summed E-state index contributed by atoms with van der Waals surface area (Å²) in [7, 11) is 1.55. The summed E-state index contributed by atoms with van der Waals surface area (Å²) in [5, 5.41) is 5.04. The van der Waals surface area contributed by atoms with Crippen LogP contribution in [0.25, 0.3) is 0 Å². The number of carbonyl (C=O) groups is 3. The lowest BCUT2D eigenvalue weighted by Gasteiger charge is -2.06. The van der Waals surface area contributed by atoms with Crippen LogP contribution in [0.2, 0.25) is 0 Å². The van der Waals surface area contributed by atoms with E-state index in [9.17, 15) is 14.4 Å². The maximum Gasteiger partial charge on any atom is 0.325 e. The van der Waals surface area contributed by atoms with Crippen LogP contribution in [0.1, 0.15) is 15.9 Å². The molecule has 7 heteroatoms.